The van der Waals surface area contributed by atoms with Crippen molar-refractivity contribution in [1.82, 2.24) is 10.2 Å². The fourth-order valence-corrected chi connectivity index (χ4v) is 2.95. The number of carboxylic acid groups (broad SMARTS) is 1. The van der Waals surface area contributed by atoms with E-state index in [9.17, 15) is 22.8 Å². The lowest BCUT2D eigenvalue weighted by Gasteiger charge is -2.22. The molecule has 10 heteroatoms. The molecule has 1 aromatic heterocycles. The van der Waals surface area contributed by atoms with E-state index in [-0.39, 0.29) is 11.4 Å². The molecule has 118 valence electrons. The van der Waals surface area contributed by atoms with Gasteiger partial charge in [0.1, 0.15) is 13.1 Å². The Kier molecular flexibility index (Phi) is 6.46. The van der Waals surface area contributed by atoms with Crippen LogP contribution in [0.15, 0.2) is 15.9 Å². The first kappa shape index (κ1) is 17.8. The Bertz CT molecular complexity index is 507. The van der Waals surface area contributed by atoms with Crippen LogP contribution in [0.1, 0.15) is 4.88 Å². The third-order valence-corrected chi connectivity index (χ3v) is 3.94. The molecule has 0 aliphatic heterocycles. The summed E-state index contributed by atoms with van der Waals surface area (Å²) in [6.07, 6.45) is -4.19. The highest BCUT2D eigenvalue weighted by atomic mass is 79.9. The number of carbonyl (C=O) groups excluding carboxylic acids is 1. The van der Waals surface area contributed by atoms with Gasteiger partial charge in [-0.05, 0) is 34.5 Å². The molecule has 0 aliphatic rings. The van der Waals surface area contributed by atoms with Crippen LogP contribution in [0.2, 0.25) is 0 Å². The number of carboxylic acids is 1. The van der Waals surface area contributed by atoms with Crippen molar-refractivity contribution < 1.29 is 27.9 Å². The minimum absolute atomic E-state index is 0.125. The maximum Gasteiger partial charge on any atom is 0.406 e. The van der Waals surface area contributed by atoms with Crippen molar-refractivity contribution in [3.8, 4) is 0 Å². The lowest BCUT2D eigenvalue weighted by molar-refractivity contribution is -0.148. The smallest absolute Gasteiger partial charge is 0.406 e. The van der Waals surface area contributed by atoms with Crippen LogP contribution in [0.3, 0.4) is 0 Å². The normalized spacial score (nSPS) is 11.2. The molecule has 5 nitrogen and oxygen atoms in total. The van der Waals surface area contributed by atoms with Crippen molar-refractivity contribution >= 4 is 39.3 Å². The van der Waals surface area contributed by atoms with Gasteiger partial charge in [-0.25, -0.2) is 4.79 Å². The number of hydrogen-bond acceptors (Lipinski definition) is 3. The van der Waals surface area contributed by atoms with E-state index in [1.807, 2.05) is 12.1 Å². The van der Waals surface area contributed by atoms with Crippen LogP contribution in [0.4, 0.5) is 18.0 Å². The summed E-state index contributed by atoms with van der Waals surface area (Å²) in [7, 11) is 0. The number of halogens is 4. The molecule has 0 aromatic carbocycles. The molecular weight excluding hydrogens is 377 g/mol. The second-order valence-corrected chi connectivity index (χ2v) is 6.60. The second kappa shape index (κ2) is 7.64. The maximum absolute atomic E-state index is 12.3. The molecule has 0 unspecified atom stereocenters. The molecule has 2 amide bonds. The molecule has 0 atom stereocenters. The van der Waals surface area contributed by atoms with E-state index >= 15 is 0 Å². The Hall–Kier alpha value is -1.29. The fourth-order valence-electron chi connectivity index (χ4n) is 1.47. The van der Waals surface area contributed by atoms with Gasteiger partial charge >= 0.3 is 18.2 Å². The molecule has 0 saturated carbocycles. The summed E-state index contributed by atoms with van der Waals surface area (Å²) in [6.45, 7) is -2.48. The van der Waals surface area contributed by atoms with Crippen molar-refractivity contribution in [2.45, 2.75) is 12.6 Å². The number of thiophene rings is 1. The van der Waals surface area contributed by atoms with E-state index in [1.54, 1.807) is 0 Å². The summed E-state index contributed by atoms with van der Waals surface area (Å²) in [4.78, 5) is 23.3. The quantitative estimate of drug-likeness (QED) is 0.786. The third kappa shape index (κ3) is 7.32. The van der Waals surface area contributed by atoms with Gasteiger partial charge in [-0.2, -0.15) is 13.2 Å². The fraction of sp³-hybridized carbons (Fsp3) is 0.455. The Balaban J connectivity index is 2.49. The third-order valence-electron chi connectivity index (χ3n) is 2.26. The summed E-state index contributed by atoms with van der Waals surface area (Å²) in [5.74, 6) is -1.50. The Morgan fingerprint density at radius 2 is 2.05 bits per heavy atom. The maximum atomic E-state index is 12.3. The monoisotopic (exact) mass is 388 g/mol. The van der Waals surface area contributed by atoms with Gasteiger partial charge in [0.05, 0.1) is 3.79 Å². The van der Waals surface area contributed by atoms with Crippen molar-refractivity contribution in [1.29, 1.82) is 0 Å². The lowest BCUT2D eigenvalue weighted by atomic mass is 10.3. The second-order valence-electron chi connectivity index (χ2n) is 4.05. The lowest BCUT2D eigenvalue weighted by Crippen LogP contribution is -2.47. The number of urea groups is 1. The number of amides is 2. The molecule has 0 radical (unpaired) electrons. The van der Waals surface area contributed by atoms with Crippen molar-refractivity contribution in [3.05, 3.63) is 20.8 Å². The topological polar surface area (TPSA) is 69.6 Å². The van der Waals surface area contributed by atoms with Crippen LogP contribution in [0.5, 0.6) is 0 Å². The van der Waals surface area contributed by atoms with Crippen molar-refractivity contribution in [2.24, 2.45) is 0 Å². The molecule has 0 saturated heterocycles. The summed E-state index contributed by atoms with van der Waals surface area (Å²) in [6, 6.07) is 2.60. The van der Waals surface area contributed by atoms with Crippen molar-refractivity contribution in [2.75, 3.05) is 19.6 Å². The van der Waals surface area contributed by atoms with Gasteiger partial charge in [-0.15, -0.1) is 11.3 Å². The molecule has 21 heavy (non-hydrogen) atoms. The number of nitrogens with one attached hydrogen (secondary N) is 1. The standard InChI is InChI=1S/C11H12BrF3N2O3S/c12-8-2-1-7(21-8)3-4-16-10(20)17(5-9(18)19)6-11(13,14)15/h1-2H,3-6H2,(H,16,20)(H,18,19). The van der Waals surface area contributed by atoms with E-state index in [2.05, 4.69) is 21.2 Å². The number of nitrogens with zero attached hydrogens (tertiary/aromatic N) is 1. The highest BCUT2D eigenvalue weighted by molar-refractivity contribution is 9.11. The first-order chi connectivity index (χ1) is 9.67. The van der Waals surface area contributed by atoms with Crippen LogP contribution >= 0.6 is 27.3 Å². The molecule has 0 aliphatic carbocycles. The minimum atomic E-state index is -4.65. The minimum Gasteiger partial charge on any atom is -0.480 e. The largest absolute Gasteiger partial charge is 0.480 e. The Morgan fingerprint density at radius 3 is 2.52 bits per heavy atom. The van der Waals surface area contributed by atoms with Crippen LogP contribution in [-0.2, 0) is 11.2 Å². The van der Waals surface area contributed by atoms with Gasteiger partial charge < -0.3 is 15.3 Å². The van der Waals surface area contributed by atoms with Gasteiger partial charge in [0.25, 0.3) is 0 Å². The number of hydrogen-bond donors (Lipinski definition) is 2. The van der Waals surface area contributed by atoms with Gasteiger partial charge in [0, 0.05) is 11.4 Å². The van der Waals surface area contributed by atoms with Gasteiger partial charge in [0.15, 0.2) is 0 Å². The first-order valence-corrected chi connectivity index (χ1v) is 7.34. The average Bonchev–Trinajstić information content (AvgIpc) is 2.71. The molecule has 0 fully saturated rings. The highest BCUT2D eigenvalue weighted by Gasteiger charge is 2.33. The summed E-state index contributed by atoms with van der Waals surface area (Å²) >= 11 is 4.72. The average molecular weight is 389 g/mol. The Labute approximate surface area is 130 Å². The van der Waals surface area contributed by atoms with Gasteiger partial charge in [-0.3, -0.25) is 4.79 Å². The van der Waals surface area contributed by atoms with Gasteiger partial charge in [0.2, 0.25) is 0 Å². The van der Waals surface area contributed by atoms with Crippen LogP contribution in [0.25, 0.3) is 0 Å². The van der Waals surface area contributed by atoms with E-state index in [4.69, 9.17) is 5.11 Å². The molecule has 1 aromatic rings. The zero-order valence-electron chi connectivity index (χ0n) is 10.6. The number of alkyl halides is 3. The van der Waals surface area contributed by atoms with E-state index in [0.29, 0.717) is 6.42 Å². The molecule has 0 bridgehead atoms. The summed E-state index contributed by atoms with van der Waals surface area (Å²) in [5.41, 5.74) is 0. The van der Waals surface area contributed by atoms with E-state index < -0.39 is 31.3 Å². The van der Waals surface area contributed by atoms with Crippen LogP contribution in [-0.4, -0.2) is 47.8 Å². The van der Waals surface area contributed by atoms with Crippen LogP contribution in [0, 0.1) is 0 Å². The van der Waals surface area contributed by atoms with Crippen LogP contribution < -0.4 is 5.32 Å². The molecule has 2 N–H and O–H groups in total. The van der Waals surface area contributed by atoms with E-state index in [1.165, 1.54) is 11.3 Å². The zero-order chi connectivity index (χ0) is 16.0. The predicted molar refractivity (Wildman–Crippen MR) is 74.4 cm³/mol. The SMILES string of the molecule is O=C(O)CN(CC(F)(F)F)C(=O)NCCc1ccc(Br)s1. The highest BCUT2D eigenvalue weighted by Crippen LogP contribution is 2.22. The summed E-state index contributed by atoms with van der Waals surface area (Å²) in [5, 5.41) is 10.8. The number of carbonyl (C=O) groups is 2. The molecule has 1 rings (SSSR count). The summed E-state index contributed by atoms with van der Waals surface area (Å²) < 4.78 is 37.8. The predicted octanol–water partition coefficient (Wildman–Crippen LogP) is 2.71. The Morgan fingerprint density at radius 1 is 1.38 bits per heavy atom. The molecule has 1 heterocycles. The molecule has 0 spiro atoms. The zero-order valence-corrected chi connectivity index (χ0v) is 13.0. The number of aliphatic carboxylic acids is 1. The molecular formula is C11H12BrF3N2O3S. The first-order valence-electron chi connectivity index (χ1n) is 5.73. The van der Waals surface area contributed by atoms with Gasteiger partial charge in [-0.1, -0.05) is 0 Å². The number of rotatable bonds is 6. The van der Waals surface area contributed by atoms with Crippen molar-refractivity contribution in [3.63, 3.8) is 0 Å². The van der Waals surface area contributed by atoms with E-state index in [0.717, 1.165) is 8.66 Å².